The Labute approximate surface area is 171 Å². The van der Waals surface area contributed by atoms with Gasteiger partial charge in [0.2, 0.25) is 0 Å². The van der Waals surface area contributed by atoms with E-state index in [4.69, 9.17) is 36.1 Å². The van der Waals surface area contributed by atoms with Crippen molar-refractivity contribution in [3.63, 3.8) is 0 Å². The molecule has 4 N–H and O–H groups in total. The van der Waals surface area contributed by atoms with Gasteiger partial charge in [0.05, 0.1) is 17.7 Å². The molecule has 0 aliphatic carbocycles. The average Bonchev–Trinajstić information content (AvgIpc) is 2.71. The molecule has 0 saturated heterocycles. The number of carboxylic acids is 2. The molecule has 9 nitrogen and oxygen atoms in total. The van der Waals surface area contributed by atoms with Crippen molar-refractivity contribution < 1.29 is 34.1 Å². The van der Waals surface area contributed by atoms with Crippen molar-refractivity contribution in [2.45, 2.75) is 0 Å². The van der Waals surface area contributed by atoms with Gasteiger partial charge in [-0.15, -0.1) is 0 Å². The highest BCUT2D eigenvalue weighted by atomic mass is 35.5. The van der Waals surface area contributed by atoms with Crippen molar-refractivity contribution in [2.75, 3.05) is 20.2 Å². The smallest absolute Gasteiger partial charge is 0.414 e. The first-order chi connectivity index (χ1) is 13.8. The van der Waals surface area contributed by atoms with Gasteiger partial charge in [-0.1, -0.05) is 23.7 Å². The van der Waals surface area contributed by atoms with Crippen LogP contribution < -0.4 is 15.4 Å². The quantitative estimate of drug-likeness (QED) is 0.409. The van der Waals surface area contributed by atoms with E-state index in [2.05, 4.69) is 10.6 Å². The molecule has 2 amide bonds. The zero-order valence-corrected chi connectivity index (χ0v) is 16.1. The number of ether oxygens (including phenoxy) is 1. The van der Waals surface area contributed by atoms with E-state index in [1.165, 1.54) is 0 Å². The molecule has 29 heavy (non-hydrogen) atoms. The van der Waals surface area contributed by atoms with Crippen LogP contribution in [0.1, 0.15) is 20.7 Å². The van der Waals surface area contributed by atoms with Crippen LogP contribution in [-0.4, -0.2) is 54.2 Å². The van der Waals surface area contributed by atoms with Crippen LogP contribution in [-0.2, 0) is 9.59 Å². The minimum atomic E-state index is -1.82. The zero-order chi connectivity index (χ0) is 21.8. The van der Waals surface area contributed by atoms with Crippen LogP contribution in [0, 0.1) is 0 Å². The monoisotopic (exact) mass is 422 g/mol. The van der Waals surface area contributed by atoms with E-state index in [-0.39, 0.29) is 11.8 Å². The van der Waals surface area contributed by atoms with Crippen molar-refractivity contribution in [3.05, 3.63) is 64.7 Å². The molecule has 0 radical (unpaired) electrons. The van der Waals surface area contributed by atoms with Gasteiger partial charge in [-0.25, -0.2) is 9.59 Å². The Kier molecular flexibility index (Phi) is 9.69. The van der Waals surface area contributed by atoms with Crippen molar-refractivity contribution in [2.24, 2.45) is 0 Å². The summed E-state index contributed by atoms with van der Waals surface area (Å²) in [4.78, 5) is 42.1. The molecule has 10 heteroatoms. The van der Waals surface area contributed by atoms with E-state index < -0.39 is 11.9 Å². The lowest BCUT2D eigenvalue weighted by atomic mass is 10.2. The zero-order valence-electron chi connectivity index (χ0n) is 15.3. The lowest BCUT2D eigenvalue weighted by Gasteiger charge is -2.08. The molecule has 0 unspecified atom stereocenters. The number of carbonyl (C=O) groups is 4. The molecular weight excluding hydrogens is 404 g/mol. The maximum Gasteiger partial charge on any atom is 0.414 e. The molecule has 2 rings (SSSR count). The number of benzene rings is 2. The average molecular weight is 423 g/mol. The first kappa shape index (κ1) is 23.4. The molecule has 154 valence electrons. The Bertz CT molecular complexity index is 857. The van der Waals surface area contributed by atoms with Gasteiger partial charge in [0, 0.05) is 18.7 Å². The number of carbonyl (C=O) groups excluding carboxylic acids is 2. The van der Waals surface area contributed by atoms with Crippen molar-refractivity contribution in [1.29, 1.82) is 0 Å². The molecule has 0 spiro atoms. The number of halogens is 1. The van der Waals surface area contributed by atoms with Crippen LogP contribution >= 0.6 is 11.6 Å². The first-order valence-corrected chi connectivity index (χ1v) is 8.55. The van der Waals surface area contributed by atoms with Crippen LogP contribution in [0.25, 0.3) is 0 Å². The van der Waals surface area contributed by atoms with E-state index in [1.54, 1.807) is 55.6 Å². The molecule has 0 bridgehead atoms. The number of hydrogen-bond acceptors (Lipinski definition) is 5. The van der Waals surface area contributed by atoms with Crippen LogP contribution in [0.2, 0.25) is 5.02 Å². The van der Waals surface area contributed by atoms with Gasteiger partial charge in [-0.2, -0.15) is 0 Å². The maximum absolute atomic E-state index is 11.9. The van der Waals surface area contributed by atoms with Crippen molar-refractivity contribution >= 4 is 35.4 Å². The largest absolute Gasteiger partial charge is 0.497 e. The summed E-state index contributed by atoms with van der Waals surface area (Å²) in [6.07, 6.45) is 0. The highest BCUT2D eigenvalue weighted by Crippen LogP contribution is 2.14. The Morgan fingerprint density at radius 3 is 1.86 bits per heavy atom. The normalized spacial score (nSPS) is 9.45. The summed E-state index contributed by atoms with van der Waals surface area (Å²) >= 11 is 5.95. The van der Waals surface area contributed by atoms with Gasteiger partial charge in [0.15, 0.2) is 0 Å². The fourth-order valence-corrected chi connectivity index (χ4v) is 2.16. The Balaban J connectivity index is 0.000000612. The molecule has 0 fully saturated rings. The predicted molar refractivity (Wildman–Crippen MR) is 104 cm³/mol. The second-order valence-electron chi connectivity index (χ2n) is 5.33. The Morgan fingerprint density at radius 2 is 1.38 bits per heavy atom. The minimum absolute atomic E-state index is 0.209. The molecule has 0 aliphatic heterocycles. The number of carboxylic acid groups (broad SMARTS) is 2. The summed E-state index contributed by atoms with van der Waals surface area (Å²) in [5, 5.41) is 20.6. The molecule has 0 heterocycles. The van der Waals surface area contributed by atoms with Gasteiger partial charge in [0.25, 0.3) is 11.8 Å². The third-order valence-corrected chi connectivity index (χ3v) is 3.68. The lowest BCUT2D eigenvalue weighted by molar-refractivity contribution is -0.159. The molecule has 2 aromatic rings. The molecule has 0 atom stereocenters. The predicted octanol–water partition coefficient (Wildman–Crippen LogP) is 1.66. The van der Waals surface area contributed by atoms with Gasteiger partial charge in [-0.05, 0) is 36.4 Å². The number of rotatable bonds is 6. The SMILES string of the molecule is COc1ccc(C(=O)NCCNC(=O)c2ccccc2Cl)cc1.O=C(O)C(=O)O. The number of aliphatic carboxylic acids is 2. The fraction of sp³-hybridized carbons (Fsp3) is 0.158. The van der Waals surface area contributed by atoms with Crippen LogP contribution in [0.15, 0.2) is 48.5 Å². The van der Waals surface area contributed by atoms with E-state index >= 15 is 0 Å². The molecule has 0 saturated carbocycles. The highest BCUT2D eigenvalue weighted by Gasteiger charge is 2.09. The van der Waals surface area contributed by atoms with E-state index in [9.17, 15) is 9.59 Å². The number of hydrogen-bond donors (Lipinski definition) is 4. The second-order valence-corrected chi connectivity index (χ2v) is 5.74. The summed E-state index contributed by atoms with van der Waals surface area (Å²) in [7, 11) is 1.57. The van der Waals surface area contributed by atoms with Gasteiger partial charge >= 0.3 is 11.9 Å². The van der Waals surface area contributed by atoms with Crippen LogP contribution in [0.4, 0.5) is 0 Å². The van der Waals surface area contributed by atoms with Crippen LogP contribution in [0.5, 0.6) is 5.75 Å². The summed E-state index contributed by atoms with van der Waals surface area (Å²) in [6.45, 7) is 0.632. The van der Waals surface area contributed by atoms with Gasteiger partial charge in [-0.3, -0.25) is 9.59 Å². The third-order valence-electron chi connectivity index (χ3n) is 3.35. The van der Waals surface area contributed by atoms with E-state index in [0.717, 1.165) is 0 Å². The number of amides is 2. The maximum atomic E-state index is 11.9. The Morgan fingerprint density at radius 1 is 0.862 bits per heavy atom. The Hall–Kier alpha value is -3.59. The molecule has 0 aliphatic rings. The highest BCUT2D eigenvalue weighted by molar-refractivity contribution is 6.33. The molecular formula is C19H19ClN2O7. The standard InChI is InChI=1S/C17H17ClN2O3.C2H2O4/c1-23-13-8-6-12(7-9-13)16(21)19-10-11-20-17(22)14-4-2-3-5-15(14)18;3-1(4)2(5)6/h2-9H,10-11H2,1H3,(H,19,21)(H,20,22);(H,3,4)(H,5,6). The van der Waals surface area contributed by atoms with E-state index in [1.807, 2.05) is 0 Å². The molecule has 0 aromatic heterocycles. The minimum Gasteiger partial charge on any atom is -0.497 e. The van der Waals surface area contributed by atoms with Gasteiger partial charge in [0.1, 0.15) is 5.75 Å². The first-order valence-electron chi connectivity index (χ1n) is 8.17. The summed E-state index contributed by atoms with van der Waals surface area (Å²) in [5.41, 5.74) is 0.943. The van der Waals surface area contributed by atoms with Crippen LogP contribution in [0.3, 0.4) is 0 Å². The third kappa shape index (κ3) is 8.31. The lowest BCUT2D eigenvalue weighted by Crippen LogP contribution is -2.34. The topological polar surface area (TPSA) is 142 Å². The molecule has 2 aromatic carbocycles. The number of methoxy groups -OCH3 is 1. The summed E-state index contributed by atoms with van der Waals surface area (Å²) < 4.78 is 5.04. The van der Waals surface area contributed by atoms with Crippen molar-refractivity contribution in [3.8, 4) is 5.75 Å². The van der Waals surface area contributed by atoms with Crippen molar-refractivity contribution in [1.82, 2.24) is 10.6 Å². The number of nitrogens with one attached hydrogen (secondary N) is 2. The fourth-order valence-electron chi connectivity index (χ4n) is 1.94. The van der Waals surface area contributed by atoms with E-state index in [0.29, 0.717) is 35.0 Å². The summed E-state index contributed by atoms with van der Waals surface area (Å²) in [5.74, 6) is -3.44. The second kappa shape index (κ2) is 12.0. The summed E-state index contributed by atoms with van der Waals surface area (Å²) in [6, 6.07) is 13.6. The van der Waals surface area contributed by atoms with Gasteiger partial charge < -0.3 is 25.6 Å².